The highest BCUT2D eigenvalue weighted by Crippen LogP contribution is 2.26. The first-order chi connectivity index (χ1) is 9.19. The van der Waals surface area contributed by atoms with Crippen LogP contribution in [-0.2, 0) is 6.42 Å². The van der Waals surface area contributed by atoms with Crippen molar-refractivity contribution in [2.75, 3.05) is 0 Å². The van der Waals surface area contributed by atoms with Crippen LogP contribution in [0.4, 0.5) is 0 Å². The second kappa shape index (κ2) is 4.75. The summed E-state index contributed by atoms with van der Waals surface area (Å²) < 4.78 is 2.28. The zero-order valence-electron chi connectivity index (χ0n) is 11.2. The summed E-state index contributed by atoms with van der Waals surface area (Å²) in [5.41, 5.74) is 5.02. The SMILES string of the molecule is CCc1ccc2cc(C)n(-c3ccc(Cl)cc3)c2c1. The number of halogens is 1. The summed E-state index contributed by atoms with van der Waals surface area (Å²) in [5, 5.41) is 2.05. The van der Waals surface area contributed by atoms with Crippen LogP contribution in [0.5, 0.6) is 0 Å². The average molecular weight is 270 g/mol. The highest BCUT2D eigenvalue weighted by Gasteiger charge is 2.08. The third-order valence-corrected chi connectivity index (χ3v) is 3.80. The molecular formula is C17H16ClN. The molecule has 0 saturated heterocycles. The van der Waals surface area contributed by atoms with E-state index >= 15 is 0 Å². The van der Waals surface area contributed by atoms with Crippen LogP contribution in [0.3, 0.4) is 0 Å². The Balaban J connectivity index is 2.26. The highest BCUT2D eigenvalue weighted by molar-refractivity contribution is 6.30. The number of hydrogen-bond donors (Lipinski definition) is 0. The number of fused-ring (bicyclic) bond motifs is 1. The second-order valence-corrected chi connectivity index (χ2v) is 5.28. The molecule has 0 saturated carbocycles. The maximum atomic E-state index is 5.97. The topological polar surface area (TPSA) is 4.93 Å². The molecule has 1 nitrogen and oxygen atoms in total. The van der Waals surface area contributed by atoms with Crippen LogP contribution >= 0.6 is 11.6 Å². The minimum Gasteiger partial charge on any atom is -0.314 e. The lowest BCUT2D eigenvalue weighted by atomic mass is 10.1. The smallest absolute Gasteiger partial charge is 0.0534 e. The molecule has 19 heavy (non-hydrogen) atoms. The summed E-state index contributed by atoms with van der Waals surface area (Å²) in [5.74, 6) is 0. The first-order valence-corrected chi connectivity index (χ1v) is 6.94. The number of nitrogens with zero attached hydrogens (tertiary/aromatic N) is 1. The highest BCUT2D eigenvalue weighted by atomic mass is 35.5. The van der Waals surface area contributed by atoms with Gasteiger partial charge in [0.25, 0.3) is 0 Å². The second-order valence-electron chi connectivity index (χ2n) is 4.84. The van der Waals surface area contributed by atoms with Crippen LogP contribution in [0.2, 0.25) is 5.02 Å². The average Bonchev–Trinajstić information content (AvgIpc) is 2.75. The lowest BCUT2D eigenvalue weighted by Gasteiger charge is -2.09. The van der Waals surface area contributed by atoms with Crippen molar-refractivity contribution < 1.29 is 0 Å². The molecule has 0 fully saturated rings. The summed E-state index contributed by atoms with van der Waals surface area (Å²) in [4.78, 5) is 0. The monoisotopic (exact) mass is 269 g/mol. The van der Waals surface area contributed by atoms with Gasteiger partial charge in [-0.3, -0.25) is 0 Å². The minimum atomic E-state index is 0.770. The number of hydrogen-bond acceptors (Lipinski definition) is 0. The first kappa shape index (κ1) is 12.3. The van der Waals surface area contributed by atoms with Crippen LogP contribution in [-0.4, -0.2) is 4.57 Å². The Bertz CT molecular complexity index is 723. The molecule has 1 heterocycles. The number of aromatic nitrogens is 1. The van der Waals surface area contributed by atoms with Crippen molar-refractivity contribution in [1.29, 1.82) is 0 Å². The van der Waals surface area contributed by atoms with Crippen LogP contribution < -0.4 is 0 Å². The first-order valence-electron chi connectivity index (χ1n) is 6.56. The fourth-order valence-corrected chi connectivity index (χ4v) is 2.66. The van der Waals surface area contributed by atoms with Gasteiger partial charge in [-0.2, -0.15) is 0 Å². The molecule has 3 rings (SSSR count). The van der Waals surface area contributed by atoms with E-state index in [1.54, 1.807) is 0 Å². The summed E-state index contributed by atoms with van der Waals surface area (Å²) >= 11 is 5.97. The zero-order chi connectivity index (χ0) is 13.4. The molecule has 0 spiro atoms. The Kier molecular flexibility index (Phi) is 3.08. The van der Waals surface area contributed by atoms with Gasteiger partial charge in [0.1, 0.15) is 0 Å². The third kappa shape index (κ3) is 2.15. The molecular weight excluding hydrogens is 254 g/mol. The molecule has 0 bridgehead atoms. The Morgan fingerprint density at radius 1 is 1.00 bits per heavy atom. The van der Waals surface area contributed by atoms with Crippen LogP contribution in [0.15, 0.2) is 48.5 Å². The molecule has 2 heteroatoms. The fraction of sp³-hybridized carbons (Fsp3) is 0.176. The van der Waals surface area contributed by atoms with Gasteiger partial charge in [0, 0.05) is 21.8 Å². The molecule has 2 aromatic carbocycles. The van der Waals surface area contributed by atoms with Gasteiger partial charge in [0.15, 0.2) is 0 Å². The lowest BCUT2D eigenvalue weighted by molar-refractivity contribution is 1.05. The van der Waals surface area contributed by atoms with Gasteiger partial charge in [-0.15, -0.1) is 0 Å². The minimum absolute atomic E-state index is 0.770. The standard InChI is InChI=1S/C17H16ClN/c1-3-13-4-5-14-10-12(2)19(17(14)11-13)16-8-6-15(18)7-9-16/h4-11H,3H2,1-2H3. The van der Waals surface area contributed by atoms with Crippen molar-refractivity contribution in [1.82, 2.24) is 4.57 Å². The van der Waals surface area contributed by atoms with Crippen molar-refractivity contribution >= 4 is 22.5 Å². The third-order valence-electron chi connectivity index (χ3n) is 3.55. The maximum Gasteiger partial charge on any atom is 0.0534 e. The van der Waals surface area contributed by atoms with E-state index in [9.17, 15) is 0 Å². The molecule has 0 aliphatic carbocycles. The summed E-state index contributed by atoms with van der Waals surface area (Å²) in [6, 6.07) is 16.9. The molecule has 0 aliphatic rings. The quantitative estimate of drug-likeness (QED) is 0.606. The molecule has 0 amide bonds. The van der Waals surface area contributed by atoms with Gasteiger partial charge >= 0.3 is 0 Å². The van der Waals surface area contributed by atoms with Crippen molar-refractivity contribution in [3.05, 3.63) is 64.8 Å². The number of benzene rings is 2. The van der Waals surface area contributed by atoms with Gasteiger partial charge < -0.3 is 4.57 Å². The Morgan fingerprint density at radius 2 is 1.74 bits per heavy atom. The predicted molar refractivity (Wildman–Crippen MR) is 82.4 cm³/mol. The number of aryl methyl sites for hydroxylation is 2. The summed E-state index contributed by atoms with van der Waals surface area (Å²) in [6.07, 6.45) is 1.06. The van der Waals surface area contributed by atoms with Crippen molar-refractivity contribution in [2.45, 2.75) is 20.3 Å². The van der Waals surface area contributed by atoms with E-state index < -0.39 is 0 Å². The van der Waals surface area contributed by atoms with E-state index in [4.69, 9.17) is 11.6 Å². The van der Waals surface area contributed by atoms with Gasteiger partial charge in [-0.1, -0.05) is 30.7 Å². The Hall–Kier alpha value is -1.73. The van der Waals surface area contributed by atoms with E-state index in [1.165, 1.54) is 22.2 Å². The molecule has 0 radical (unpaired) electrons. The van der Waals surface area contributed by atoms with Crippen LogP contribution in [0.25, 0.3) is 16.6 Å². The van der Waals surface area contributed by atoms with E-state index in [1.807, 2.05) is 12.1 Å². The zero-order valence-corrected chi connectivity index (χ0v) is 11.9. The van der Waals surface area contributed by atoms with E-state index in [0.29, 0.717) is 0 Å². The van der Waals surface area contributed by atoms with Gasteiger partial charge in [-0.25, -0.2) is 0 Å². The van der Waals surface area contributed by atoms with E-state index in [2.05, 4.69) is 54.8 Å². The van der Waals surface area contributed by atoms with E-state index in [0.717, 1.165) is 17.1 Å². The molecule has 0 atom stereocenters. The van der Waals surface area contributed by atoms with Gasteiger partial charge in [-0.05, 0) is 55.3 Å². The molecule has 0 N–H and O–H groups in total. The number of rotatable bonds is 2. The normalized spacial score (nSPS) is 11.1. The fourth-order valence-electron chi connectivity index (χ4n) is 2.54. The molecule has 1 aromatic heterocycles. The Morgan fingerprint density at radius 3 is 2.42 bits per heavy atom. The molecule has 0 unspecified atom stereocenters. The van der Waals surface area contributed by atoms with Crippen molar-refractivity contribution in [2.24, 2.45) is 0 Å². The largest absolute Gasteiger partial charge is 0.314 e. The Labute approximate surface area is 118 Å². The lowest BCUT2D eigenvalue weighted by Crippen LogP contribution is -1.96. The van der Waals surface area contributed by atoms with Crippen LogP contribution in [0, 0.1) is 6.92 Å². The molecule has 3 aromatic rings. The van der Waals surface area contributed by atoms with Crippen LogP contribution in [0.1, 0.15) is 18.2 Å². The summed E-state index contributed by atoms with van der Waals surface area (Å²) in [7, 11) is 0. The van der Waals surface area contributed by atoms with Gasteiger partial charge in [0.2, 0.25) is 0 Å². The summed E-state index contributed by atoms with van der Waals surface area (Å²) in [6.45, 7) is 4.32. The van der Waals surface area contributed by atoms with Gasteiger partial charge in [0.05, 0.1) is 5.52 Å². The van der Waals surface area contributed by atoms with Crippen molar-refractivity contribution in [3.8, 4) is 5.69 Å². The van der Waals surface area contributed by atoms with E-state index in [-0.39, 0.29) is 0 Å². The maximum absolute atomic E-state index is 5.97. The van der Waals surface area contributed by atoms with Crippen molar-refractivity contribution in [3.63, 3.8) is 0 Å². The molecule has 0 aliphatic heterocycles. The predicted octanol–water partition coefficient (Wildman–Crippen LogP) is 5.15. The molecule has 96 valence electrons.